The van der Waals surface area contributed by atoms with Crippen molar-refractivity contribution in [1.82, 2.24) is 0 Å². The summed E-state index contributed by atoms with van der Waals surface area (Å²) in [7, 11) is 1.49. The molecule has 0 bridgehead atoms. The number of carbonyl (C=O) groups is 1. The first-order valence-corrected chi connectivity index (χ1v) is 5.26. The number of methoxy groups -OCH3 is 1. The van der Waals surface area contributed by atoms with Crippen LogP contribution in [0.3, 0.4) is 0 Å². The van der Waals surface area contributed by atoms with Crippen LogP contribution in [-0.2, 0) is 9.53 Å². The van der Waals surface area contributed by atoms with Crippen molar-refractivity contribution in [1.29, 1.82) is 0 Å². The molecule has 3 N–H and O–H groups in total. The number of amides is 1. The summed E-state index contributed by atoms with van der Waals surface area (Å²) in [5, 5.41) is 2.91. The molecule has 0 saturated carbocycles. The number of carbonyl (C=O) groups excluding carboxylic acids is 1. The van der Waals surface area contributed by atoms with E-state index in [9.17, 15) is 9.18 Å². The van der Waals surface area contributed by atoms with Crippen LogP contribution >= 0.6 is 0 Å². The van der Waals surface area contributed by atoms with Crippen LogP contribution in [-0.4, -0.2) is 24.7 Å². The van der Waals surface area contributed by atoms with Gasteiger partial charge in [0.1, 0.15) is 11.4 Å². The van der Waals surface area contributed by atoms with Gasteiger partial charge < -0.3 is 15.8 Å². The van der Waals surface area contributed by atoms with Crippen LogP contribution in [0.4, 0.5) is 10.1 Å². The first-order valence-electron chi connectivity index (χ1n) is 5.26. The molecule has 94 valence electrons. The number of benzene rings is 1. The zero-order valence-electron chi connectivity index (χ0n) is 10.2. The molecule has 1 aromatic rings. The summed E-state index contributed by atoms with van der Waals surface area (Å²) >= 11 is 0. The van der Waals surface area contributed by atoms with Crippen molar-refractivity contribution in [3.8, 4) is 0 Å². The Bertz CT molecular complexity index is 411. The van der Waals surface area contributed by atoms with Crippen molar-refractivity contribution in [3.63, 3.8) is 0 Å². The molecular formula is C12H17FN2O2. The molecule has 0 spiro atoms. The highest BCUT2D eigenvalue weighted by Gasteiger charge is 2.37. The molecule has 1 amide bonds. The second-order valence-corrected chi connectivity index (χ2v) is 4.08. The zero-order chi connectivity index (χ0) is 13.1. The number of rotatable bonds is 5. The van der Waals surface area contributed by atoms with Crippen LogP contribution in [0.2, 0.25) is 0 Å². The molecule has 2 unspecified atom stereocenters. The number of nitrogens with one attached hydrogen (secondary N) is 1. The Morgan fingerprint density at radius 2 is 2.24 bits per heavy atom. The Labute approximate surface area is 100.0 Å². The maximum Gasteiger partial charge on any atom is 0.245 e. The van der Waals surface area contributed by atoms with Gasteiger partial charge in [-0.2, -0.15) is 0 Å². The van der Waals surface area contributed by atoms with Crippen molar-refractivity contribution < 1.29 is 13.9 Å². The lowest BCUT2D eigenvalue weighted by Crippen LogP contribution is -2.56. The van der Waals surface area contributed by atoms with E-state index in [0.29, 0.717) is 5.69 Å². The number of halogens is 1. The molecule has 2 atom stereocenters. The van der Waals surface area contributed by atoms with Crippen molar-refractivity contribution in [2.75, 3.05) is 12.4 Å². The second-order valence-electron chi connectivity index (χ2n) is 4.08. The van der Waals surface area contributed by atoms with Crippen molar-refractivity contribution in [2.45, 2.75) is 25.5 Å². The Morgan fingerprint density at radius 1 is 1.59 bits per heavy atom. The number of primary amides is 1. The van der Waals surface area contributed by atoms with Gasteiger partial charge in [0.25, 0.3) is 0 Å². The van der Waals surface area contributed by atoms with Crippen LogP contribution in [0.25, 0.3) is 0 Å². The van der Waals surface area contributed by atoms with Gasteiger partial charge in [-0.1, -0.05) is 6.07 Å². The van der Waals surface area contributed by atoms with Gasteiger partial charge in [0.15, 0.2) is 0 Å². The highest BCUT2D eigenvalue weighted by Crippen LogP contribution is 2.20. The molecule has 0 saturated heterocycles. The molecule has 0 aromatic heterocycles. The van der Waals surface area contributed by atoms with Crippen LogP contribution in [0, 0.1) is 5.82 Å². The third-order valence-electron chi connectivity index (χ3n) is 2.91. The highest BCUT2D eigenvalue weighted by molar-refractivity contribution is 5.88. The molecular weight excluding hydrogens is 223 g/mol. The third kappa shape index (κ3) is 2.94. The van der Waals surface area contributed by atoms with E-state index in [1.165, 1.54) is 19.2 Å². The average molecular weight is 240 g/mol. The molecule has 0 fully saturated rings. The number of ether oxygens (including phenoxy) is 1. The second kappa shape index (κ2) is 5.14. The molecule has 17 heavy (non-hydrogen) atoms. The van der Waals surface area contributed by atoms with Gasteiger partial charge >= 0.3 is 0 Å². The third-order valence-corrected chi connectivity index (χ3v) is 2.91. The summed E-state index contributed by atoms with van der Waals surface area (Å²) in [5.74, 6) is -0.942. The van der Waals surface area contributed by atoms with E-state index in [1.54, 1.807) is 26.0 Å². The van der Waals surface area contributed by atoms with E-state index >= 15 is 0 Å². The van der Waals surface area contributed by atoms with Crippen LogP contribution in [0.15, 0.2) is 24.3 Å². The van der Waals surface area contributed by atoms with Crippen molar-refractivity contribution in [2.24, 2.45) is 5.73 Å². The molecule has 0 radical (unpaired) electrons. The highest BCUT2D eigenvalue weighted by atomic mass is 19.1. The lowest BCUT2D eigenvalue weighted by molar-refractivity contribution is -0.125. The Kier molecular flexibility index (Phi) is 4.07. The minimum Gasteiger partial charge on any atom is -0.379 e. The van der Waals surface area contributed by atoms with Gasteiger partial charge in [0.2, 0.25) is 5.91 Å². The normalized spacial score (nSPS) is 16.0. The van der Waals surface area contributed by atoms with Gasteiger partial charge in [-0.3, -0.25) is 4.79 Å². The first-order chi connectivity index (χ1) is 7.90. The summed E-state index contributed by atoms with van der Waals surface area (Å²) in [6.07, 6.45) is -0.441. The first kappa shape index (κ1) is 13.4. The quantitative estimate of drug-likeness (QED) is 0.820. The molecule has 5 heteroatoms. The summed E-state index contributed by atoms with van der Waals surface area (Å²) < 4.78 is 18.2. The Morgan fingerprint density at radius 3 is 2.71 bits per heavy atom. The monoisotopic (exact) mass is 240 g/mol. The zero-order valence-corrected chi connectivity index (χ0v) is 10.2. The molecule has 4 nitrogen and oxygen atoms in total. The van der Waals surface area contributed by atoms with Gasteiger partial charge in [-0.15, -0.1) is 0 Å². The van der Waals surface area contributed by atoms with E-state index in [4.69, 9.17) is 10.5 Å². The van der Waals surface area contributed by atoms with E-state index in [2.05, 4.69) is 5.32 Å². The molecule has 1 aromatic carbocycles. The van der Waals surface area contributed by atoms with Crippen LogP contribution in [0.1, 0.15) is 13.8 Å². The minimum absolute atomic E-state index is 0.383. The largest absolute Gasteiger partial charge is 0.379 e. The fraction of sp³-hybridized carbons (Fsp3) is 0.417. The van der Waals surface area contributed by atoms with Crippen molar-refractivity contribution >= 4 is 11.6 Å². The lowest BCUT2D eigenvalue weighted by atomic mass is 9.94. The molecule has 0 aliphatic heterocycles. The summed E-state index contributed by atoms with van der Waals surface area (Å²) in [6.45, 7) is 3.34. The molecule has 0 heterocycles. The fourth-order valence-electron chi connectivity index (χ4n) is 1.47. The summed E-state index contributed by atoms with van der Waals surface area (Å²) in [5.41, 5.74) is 4.75. The minimum atomic E-state index is -1.09. The summed E-state index contributed by atoms with van der Waals surface area (Å²) in [4.78, 5) is 11.5. The van der Waals surface area contributed by atoms with Gasteiger partial charge in [-0.25, -0.2) is 4.39 Å². The lowest BCUT2D eigenvalue weighted by Gasteiger charge is -2.33. The average Bonchev–Trinajstić information content (AvgIpc) is 2.27. The van der Waals surface area contributed by atoms with E-state index in [-0.39, 0.29) is 5.82 Å². The molecule has 0 aliphatic carbocycles. The number of hydrogen-bond acceptors (Lipinski definition) is 3. The number of hydrogen-bond donors (Lipinski definition) is 2. The van der Waals surface area contributed by atoms with E-state index < -0.39 is 17.6 Å². The van der Waals surface area contributed by atoms with Crippen LogP contribution in [0.5, 0.6) is 0 Å². The smallest absolute Gasteiger partial charge is 0.245 e. The maximum absolute atomic E-state index is 13.0. The summed E-state index contributed by atoms with van der Waals surface area (Å²) in [6, 6.07) is 5.83. The van der Waals surface area contributed by atoms with Crippen molar-refractivity contribution in [3.05, 3.63) is 30.1 Å². The maximum atomic E-state index is 13.0. The Hall–Kier alpha value is -1.62. The van der Waals surface area contributed by atoms with E-state index in [1.807, 2.05) is 0 Å². The molecule has 1 rings (SSSR count). The molecule has 0 aliphatic rings. The van der Waals surface area contributed by atoms with Gasteiger partial charge in [0.05, 0.1) is 6.10 Å². The standard InChI is InChI=1S/C12H17FN2O2/c1-8(17-3)12(2,11(14)16)15-10-6-4-5-9(13)7-10/h4-8,15H,1-3H3,(H2,14,16). The van der Waals surface area contributed by atoms with E-state index in [0.717, 1.165) is 0 Å². The predicted octanol–water partition coefficient (Wildman–Crippen LogP) is 1.52. The SMILES string of the molecule is COC(C)C(C)(Nc1cccc(F)c1)C(N)=O. The Balaban J connectivity index is 2.99. The van der Waals surface area contributed by atoms with Crippen LogP contribution < -0.4 is 11.1 Å². The fourth-order valence-corrected chi connectivity index (χ4v) is 1.47. The van der Waals surface area contributed by atoms with Gasteiger partial charge in [-0.05, 0) is 32.0 Å². The number of nitrogens with two attached hydrogens (primary N) is 1. The number of anilines is 1. The van der Waals surface area contributed by atoms with Gasteiger partial charge in [0, 0.05) is 12.8 Å². The topological polar surface area (TPSA) is 64.3 Å². The predicted molar refractivity (Wildman–Crippen MR) is 64.1 cm³/mol.